The van der Waals surface area contributed by atoms with Crippen molar-refractivity contribution < 1.29 is 4.39 Å². The second-order valence-corrected chi connectivity index (χ2v) is 5.05. The molecule has 2 rings (SSSR count). The largest absolute Gasteiger partial charge is 0.398 e. The number of halogens is 2. The summed E-state index contributed by atoms with van der Waals surface area (Å²) in [6.45, 7) is 0. The number of thioether (sulfide) groups is 1. The Bertz CT molecular complexity index is 513. The summed E-state index contributed by atoms with van der Waals surface area (Å²) in [5.41, 5.74) is 7.60. The minimum Gasteiger partial charge on any atom is -0.398 e. The molecule has 0 heterocycles. The van der Waals surface area contributed by atoms with Crippen molar-refractivity contribution in [2.45, 2.75) is 10.6 Å². The van der Waals surface area contributed by atoms with Crippen LogP contribution in [0.15, 0.2) is 47.4 Å². The van der Waals surface area contributed by atoms with E-state index < -0.39 is 0 Å². The predicted octanol–water partition coefficient (Wildman–Crippen LogP) is 4.35. The normalized spacial score (nSPS) is 10.5. The summed E-state index contributed by atoms with van der Waals surface area (Å²) in [5, 5.41) is 0.667. The Morgan fingerprint density at radius 1 is 1.12 bits per heavy atom. The van der Waals surface area contributed by atoms with E-state index in [1.165, 1.54) is 12.1 Å². The Morgan fingerprint density at radius 2 is 1.82 bits per heavy atom. The van der Waals surface area contributed by atoms with Crippen molar-refractivity contribution in [1.82, 2.24) is 0 Å². The zero-order valence-corrected chi connectivity index (χ0v) is 10.6. The standard InChI is InChI=1S/C13H11ClFNS/c14-10-3-6-12(16)13(7-10)17-8-9-1-4-11(15)5-2-9/h1-7H,8,16H2. The van der Waals surface area contributed by atoms with Gasteiger partial charge in [0.15, 0.2) is 0 Å². The van der Waals surface area contributed by atoms with Gasteiger partial charge >= 0.3 is 0 Å². The van der Waals surface area contributed by atoms with E-state index in [-0.39, 0.29) is 5.82 Å². The molecule has 0 amide bonds. The van der Waals surface area contributed by atoms with Crippen molar-refractivity contribution >= 4 is 29.1 Å². The Hall–Kier alpha value is -1.19. The first-order valence-electron chi connectivity index (χ1n) is 5.07. The van der Waals surface area contributed by atoms with Crippen molar-refractivity contribution in [3.05, 3.63) is 58.9 Å². The number of nitrogen functional groups attached to an aromatic ring is 1. The molecule has 0 aliphatic carbocycles. The van der Waals surface area contributed by atoms with Gasteiger partial charge in [0.2, 0.25) is 0 Å². The van der Waals surface area contributed by atoms with Crippen LogP contribution >= 0.6 is 23.4 Å². The third-order valence-electron chi connectivity index (χ3n) is 2.28. The van der Waals surface area contributed by atoms with E-state index in [4.69, 9.17) is 17.3 Å². The molecule has 0 unspecified atom stereocenters. The van der Waals surface area contributed by atoms with Crippen LogP contribution in [0.3, 0.4) is 0 Å². The molecule has 2 aromatic carbocycles. The third kappa shape index (κ3) is 3.38. The van der Waals surface area contributed by atoms with Crippen molar-refractivity contribution in [2.24, 2.45) is 0 Å². The lowest BCUT2D eigenvalue weighted by molar-refractivity contribution is 0.627. The lowest BCUT2D eigenvalue weighted by Gasteiger charge is -2.06. The van der Waals surface area contributed by atoms with E-state index in [0.717, 1.165) is 16.2 Å². The minimum absolute atomic E-state index is 0.221. The van der Waals surface area contributed by atoms with Crippen molar-refractivity contribution in [3.63, 3.8) is 0 Å². The molecule has 0 spiro atoms. The zero-order valence-electron chi connectivity index (χ0n) is 8.99. The molecule has 2 N–H and O–H groups in total. The highest BCUT2D eigenvalue weighted by Gasteiger charge is 2.02. The Kier molecular flexibility index (Phi) is 3.92. The van der Waals surface area contributed by atoms with Crippen molar-refractivity contribution in [1.29, 1.82) is 0 Å². The summed E-state index contributed by atoms with van der Waals surface area (Å²) in [7, 11) is 0. The van der Waals surface area contributed by atoms with Crippen LogP contribution in [0.5, 0.6) is 0 Å². The summed E-state index contributed by atoms with van der Waals surface area (Å²) in [5.74, 6) is 0.520. The van der Waals surface area contributed by atoms with Crippen LogP contribution in [0, 0.1) is 5.82 Å². The van der Waals surface area contributed by atoms with Gasteiger partial charge in [-0.2, -0.15) is 0 Å². The average Bonchev–Trinajstić information content (AvgIpc) is 2.32. The van der Waals surface area contributed by atoms with Gasteiger partial charge in [-0.15, -0.1) is 11.8 Å². The SMILES string of the molecule is Nc1ccc(Cl)cc1SCc1ccc(F)cc1. The van der Waals surface area contributed by atoms with Gasteiger partial charge in [0, 0.05) is 21.4 Å². The van der Waals surface area contributed by atoms with Gasteiger partial charge in [0.25, 0.3) is 0 Å². The Morgan fingerprint density at radius 3 is 2.53 bits per heavy atom. The van der Waals surface area contributed by atoms with Crippen LogP contribution in [0.1, 0.15) is 5.56 Å². The van der Waals surface area contributed by atoms with Crippen LogP contribution in [0.25, 0.3) is 0 Å². The van der Waals surface area contributed by atoms with Crippen LogP contribution in [0.2, 0.25) is 5.02 Å². The topological polar surface area (TPSA) is 26.0 Å². The van der Waals surface area contributed by atoms with Gasteiger partial charge in [-0.25, -0.2) is 4.39 Å². The van der Waals surface area contributed by atoms with Crippen LogP contribution in [0.4, 0.5) is 10.1 Å². The molecular weight excluding hydrogens is 257 g/mol. The molecule has 0 aromatic heterocycles. The summed E-state index contributed by atoms with van der Waals surface area (Å²) < 4.78 is 12.7. The molecule has 17 heavy (non-hydrogen) atoms. The van der Waals surface area contributed by atoms with Gasteiger partial charge in [0.05, 0.1) is 0 Å². The fourth-order valence-corrected chi connectivity index (χ4v) is 2.57. The first-order valence-corrected chi connectivity index (χ1v) is 6.44. The maximum atomic E-state index is 12.7. The highest BCUT2D eigenvalue weighted by molar-refractivity contribution is 7.98. The third-order valence-corrected chi connectivity index (χ3v) is 3.66. The number of hydrogen-bond donors (Lipinski definition) is 1. The fourth-order valence-electron chi connectivity index (χ4n) is 1.37. The summed E-state index contributed by atoms with van der Waals surface area (Å²) in [6, 6.07) is 11.8. The first-order chi connectivity index (χ1) is 8.15. The molecule has 0 saturated heterocycles. The lowest BCUT2D eigenvalue weighted by atomic mass is 10.2. The van der Waals surface area contributed by atoms with E-state index in [1.807, 2.05) is 6.07 Å². The fraction of sp³-hybridized carbons (Fsp3) is 0.0769. The molecule has 1 nitrogen and oxygen atoms in total. The summed E-state index contributed by atoms with van der Waals surface area (Å²) >= 11 is 7.49. The lowest BCUT2D eigenvalue weighted by Crippen LogP contribution is -1.89. The molecule has 88 valence electrons. The van der Waals surface area contributed by atoms with E-state index in [2.05, 4.69) is 0 Å². The molecule has 0 bridgehead atoms. The molecule has 0 aliphatic heterocycles. The van der Waals surface area contributed by atoms with Gasteiger partial charge in [-0.1, -0.05) is 23.7 Å². The second kappa shape index (κ2) is 5.43. The van der Waals surface area contributed by atoms with Crippen LogP contribution in [-0.4, -0.2) is 0 Å². The predicted molar refractivity (Wildman–Crippen MR) is 71.8 cm³/mol. The van der Waals surface area contributed by atoms with Crippen molar-refractivity contribution in [2.75, 3.05) is 5.73 Å². The highest BCUT2D eigenvalue weighted by Crippen LogP contribution is 2.30. The van der Waals surface area contributed by atoms with E-state index in [9.17, 15) is 4.39 Å². The number of rotatable bonds is 3. The number of benzene rings is 2. The molecule has 4 heteroatoms. The van der Waals surface area contributed by atoms with E-state index in [0.29, 0.717) is 10.7 Å². The molecule has 0 saturated carbocycles. The van der Waals surface area contributed by atoms with Gasteiger partial charge in [-0.05, 0) is 35.9 Å². The summed E-state index contributed by atoms with van der Waals surface area (Å²) in [4.78, 5) is 0.946. The molecular formula is C13H11ClFNS. The molecule has 0 aliphatic rings. The van der Waals surface area contributed by atoms with Crippen LogP contribution < -0.4 is 5.73 Å². The van der Waals surface area contributed by atoms with Gasteiger partial charge in [0.1, 0.15) is 5.82 Å². The Labute approximate surface area is 109 Å². The zero-order chi connectivity index (χ0) is 12.3. The van der Waals surface area contributed by atoms with E-state index >= 15 is 0 Å². The van der Waals surface area contributed by atoms with Crippen LogP contribution in [-0.2, 0) is 5.75 Å². The summed E-state index contributed by atoms with van der Waals surface area (Å²) in [6.07, 6.45) is 0. The first kappa shape index (κ1) is 12.3. The number of anilines is 1. The van der Waals surface area contributed by atoms with Gasteiger partial charge < -0.3 is 5.73 Å². The number of nitrogens with two attached hydrogens (primary N) is 1. The molecule has 0 radical (unpaired) electrons. The molecule has 0 fully saturated rings. The number of hydrogen-bond acceptors (Lipinski definition) is 2. The average molecular weight is 268 g/mol. The monoisotopic (exact) mass is 267 g/mol. The maximum absolute atomic E-state index is 12.7. The second-order valence-electron chi connectivity index (χ2n) is 3.60. The highest BCUT2D eigenvalue weighted by atomic mass is 35.5. The smallest absolute Gasteiger partial charge is 0.123 e. The minimum atomic E-state index is -0.221. The molecule has 2 aromatic rings. The molecule has 0 atom stereocenters. The quantitative estimate of drug-likeness (QED) is 0.661. The van der Waals surface area contributed by atoms with Gasteiger partial charge in [-0.3, -0.25) is 0 Å². The van der Waals surface area contributed by atoms with Crippen molar-refractivity contribution in [3.8, 4) is 0 Å². The Balaban J connectivity index is 2.07. The van der Waals surface area contributed by atoms with E-state index in [1.54, 1.807) is 36.0 Å². The maximum Gasteiger partial charge on any atom is 0.123 e.